The molecule has 1 aromatic heterocycles. The molecular formula is C20H22F2N4O3. The van der Waals surface area contributed by atoms with Crippen LogP contribution in [0.5, 0.6) is 0 Å². The topological polar surface area (TPSA) is 78.7 Å². The van der Waals surface area contributed by atoms with Crippen LogP contribution in [-0.2, 0) is 18.6 Å². The Morgan fingerprint density at radius 2 is 1.86 bits per heavy atom. The largest absolute Gasteiger partial charge is 0.475 e. The van der Waals surface area contributed by atoms with Gasteiger partial charge in [0.2, 0.25) is 5.82 Å². The van der Waals surface area contributed by atoms with Crippen molar-refractivity contribution in [3.05, 3.63) is 52.6 Å². The van der Waals surface area contributed by atoms with E-state index in [0.717, 1.165) is 37.1 Å². The summed E-state index contributed by atoms with van der Waals surface area (Å²) >= 11 is 0. The zero-order chi connectivity index (χ0) is 20.9. The Bertz CT molecular complexity index is 975. The van der Waals surface area contributed by atoms with Crippen molar-refractivity contribution in [1.29, 1.82) is 0 Å². The van der Waals surface area contributed by atoms with Crippen molar-refractivity contribution in [3.63, 3.8) is 0 Å². The summed E-state index contributed by atoms with van der Waals surface area (Å²) in [5.74, 6) is -3.06. The maximum absolute atomic E-state index is 14.7. The number of amides is 1. The van der Waals surface area contributed by atoms with Crippen LogP contribution in [0.25, 0.3) is 0 Å². The first-order chi connectivity index (χ1) is 13.7. The number of aromatic nitrogens is 2. The molecule has 2 aromatic rings. The summed E-state index contributed by atoms with van der Waals surface area (Å²) < 4.78 is 31.2. The van der Waals surface area contributed by atoms with E-state index in [-0.39, 0.29) is 23.5 Å². The Kier molecular flexibility index (Phi) is 4.65. The van der Waals surface area contributed by atoms with E-state index in [1.54, 1.807) is 10.8 Å². The number of carboxylic acids is 1. The molecule has 1 amide bonds. The first-order valence-electron chi connectivity index (χ1n) is 9.48. The molecular weight excluding hydrogens is 382 g/mol. The molecule has 0 saturated heterocycles. The Labute approximate surface area is 166 Å². The van der Waals surface area contributed by atoms with Crippen LogP contribution < -0.4 is 0 Å². The molecule has 1 aliphatic carbocycles. The number of rotatable bonds is 4. The molecule has 154 valence electrons. The molecule has 1 N–H and O–H groups in total. The number of carbonyl (C=O) groups excluding carboxylic acids is 1. The maximum atomic E-state index is 14.7. The minimum Gasteiger partial charge on any atom is -0.475 e. The molecule has 2 heterocycles. The molecule has 2 aliphatic rings. The predicted molar refractivity (Wildman–Crippen MR) is 99.5 cm³/mol. The molecule has 0 bridgehead atoms. The van der Waals surface area contributed by atoms with Crippen molar-refractivity contribution in [2.45, 2.75) is 37.9 Å². The van der Waals surface area contributed by atoms with E-state index in [9.17, 15) is 23.5 Å². The van der Waals surface area contributed by atoms with Crippen LogP contribution in [0.4, 0.5) is 8.78 Å². The lowest BCUT2D eigenvalue weighted by Gasteiger charge is -2.53. The Morgan fingerprint density at radius 3 is 2.38 bits per heavy atom. The van der Waals surface area contributed by atoms with Crippen molar-refractivity contribution in [1.82, 2.24) is 19.4 Å². The first kappa shape index (κ1) is 19.5. The second kappa shape index (κ2) is 6.91. The lowest BCUT2D eigenvalue weighted by Crippen LogP contribution is -2.56. The Morgan fingerprint density at radius 1 is 1.21 bits per heavy atom. The third-order valence-corrected chi connectivity index (χ3v) is 6.05. The van der Waals surface area contributed by atoms with E-state index in [1.807, 2.05) is 4.90 Å². The average Bonchev–Trinajstić information content (AvgIpc) is 3.06. The van der Waals surface area contributed by atoms with Gasteiger partial charge in [0.25, 0.3) is 5.91 Å². The van der Waals surface area contributed by atoms with Gasteiger partial charge in [-0.1, -0.05) is 0 Å². The first-order valence-corrected chi connectivity index (χ1v) is 9.48. The highest BCUT2D eigenvalue weighted by atomic mass is 19.1. The fourth-order valence-corrected chi connectivity index (χ4v) is 4.38. The van der Waals surface area contributed by atoms with Crippen LogP contribution in [-0.4, -0.2) is 57.0 Å². The number of nitrogens with zero attached hydrogens (tertiary/aromatic N) is 4. The van der Waals surface area contributed by atoms with Crippen LogP contribution in [0.2, 0.25) is 0 Å². The minimum atomic E-state index is -1.09. The molecule has 29 heavy (non-hydrogen) atoms. The molecule has 0 atom stereocenters. The number of benzene rings is 1. The highest BCUT2D eigenvalue weighted by Gasteiger charge is 2.49. The number of hydrogen-bond acceptors (Lipinski definition) is 4. The van der Waals surface area contributed by atoms with Crippen molar-refractivity contribution in [3.8, 4) is 0 Å². The number of aromatic carboxylic acids is 1. The number of carbonyl (C=O) groups is 2. The SMILES string of the molecule is CN(C)C(=O)c1cc(F)c(CN2CCn3c(cnc3C(=O)O)C23CCC3)c(F)c1. The monoisotopic (exact) mass is 404 g/mol. The summed E-state index contributed by atoms with van der Waals surface area (Å²) in [6, 6.07) is 2.15. The third-order valence-electron chi connectivity index (χ3n) is 6.05. The molecule has 1 aromatic carbocycles. The number of hydrogen-bond donors (Lipinski definition) is 1. The number of halogens is 2. The summed E-state index contributed by atoms with van der Waals surface area (Å²) in [5.41, 5.74) is 0.205. The standard InChI is InChI=1S/C20H22F2N4O3/c1-24(2)18(27)12-8-14(21)13(15(22)9-12)11-25-6-7-26-16(20(25)4-3-5-20)10-23-17(26)19(28)29/h8-10H,3-7,11H2,1-2H3,(H,28,29). The normalized spacial score (nSPS) is 17.7. The zero-order valence-corrected chi connectivity index (χ0v) is 16.3. The minimum absolute atomic E-state index is 0.00478. The average molecular weight is 404 g/mol. The van der Waals surface area contributed by atoms with Gasteiger partial charge in [-0.25, -0.2) is 18.6 Å². The fourth-order valence-electron chi connectivity index (χ4n) is 4.38. The van der Waals surface area contributed by atoms with Gasteiger partial charge in [-0.05, 0) is 31.4 Å². The molecule has 9 heteroatoms. The summed E-state index contributed by atoms with van der Waals surface area (Å²) in [5, 5.41) is 9.35. The van der Waals surface area contributed by atoms with Gasteiger partial charge in [-0.3, -0.25) is 9.69 Å². The molecule has 1 fully saturated rings. The fraction of sp³-hybridized carbons (Fsp3) is 0.450. The maximum Gasteiger partial charge on any atom is 0.372 e. The molecule has 4 rings (SSSR count). The van der Waals surface area contributed by atoms with Gasteiger partial charge < -0.3 is 14.6 Å². The summed E-state index contributed by atoms with van der Waals surface area (Å²) in [7, 11) is 3.04. The number of carboxylic acid groups (broad SMARTS) is 1. The van der Waals surface area contributed by atoms with Crippen LogP contribution in [0, 0.1) is 11.6 Å². The quantitative estimate of drug-likeness (QED) is 0.847. The molecule has 1 saturated carbocycles. The highest BCUT2D eigenvalue weighted by molar-refractivity contribution is 5.94. The van der Waals surface area contributed by atoms with Crippen LogP contribution >= 0.6 is 0 Å². The number of imidazole rings is 1. The van der Waals surface area contributed by atoms with E-state index in [0.29, 0.717) is 13.1 Å². The Balaban J connectivity index is 1.66. The highest BCUT2D eigenvalue weighted by Crippen LogP contribution is 2.49. The molecule has 0 radical (unpaired) electrons. The van der Waals surface area contributed by atoms with Crippen LogP contribution in [0.15, 0.2) is 18.3 Å². The van der Waals surface area contributed by atoms with E-state index in [1.165, 1.54) is 19.0 Å². The van der Waals surface area contributed by atoms with Gasteiger partial charge >= 0.3 is 5.97 Å². The van der Waals surface area contributed by atoms with E-state index < -0.39 is 29.0 Å². The van der Waals surface area contributed by atoms with Crippen molar-refractivity contribution in [2.24, 2.45) is 0 Å². The van der Waals surface area contributed by atoms with Gasteiger partial charge in [-0.2, -0.15) is 0 Å². The third kappa shape index (κ3) is 3.00. The van der Waals surface area contributed by atoms with Crippen molar-refractivity contribution in [2.75, 3.05) is 20.6 Å². The summed E-state index contributed by atoms with van der Waals surface area (Å²) in [6.45, 7) is 0.891. The van der Waals surface area contributed by atoms with E-state index in [2.05, 4.69) is 4.98 Å². The van der Waals surface area contributed by atoms with Gasteiger partial charge in [0.05, 0.1) is 17.4 Å². The van der Waals surface area contributed by atoms with Crippen LogP contribution in [0.3, 0.4) is 0 Å². The van der Waals surface area contributed by atoms with Crippen molar-refractivity contribution >= 4 is 11.9 Å². The molecule has 7 nitrogen and oxygen atoms in total. The lowest BCUT2D eigenvalue weighted by molar-refractivity contribution is -0.0232. The van der Waals surface area contributed by atoms with Gasteiger partial charge in [0.15, 0.2) is 0 Å². The predicted octanol–water partition coefficient (Wildman–Crippen LogP) is 2.46. The van der Waals surface area contributed by atoms with Gasteiger partial charge in [-0.15, -0.1) is 0 Å². The Hall–Kier alpha value is -2.81. The second-order valence-corrected chi connectivity index (χ2v) is 7.85. The summed E-state index contributed by atoms with van der Waals surface area (Å²) in [4.78, 5) is 30.8. The molecule has 1 aliphatic heterocycles. The second-order valence-electron chi connectivity index (χ2n) is 7.85. The van der Waals surface area contributed by atoms with E-state index in [4.69, 9.17) is 0 Å². The van der Waals surface area contributed by atoms with Crippen molar-refractivity contribution < 1.29 is 23.5 Å². The van der Waals surface area contributed by atoms with Gasteiger partial charge in [0, 0.05) is 44.9 Å². The molecule has 1 spiro atoms. The number of fused-ring (bicyclic) bond motifs is 2. The van der Waals surface area contributed by atoms with Gasteiger partial charge in [0.1, 0.15) is 11.6 Å². The van der Waals surface area contributed by atoms with E-state index >= 15 is 0 Å². The zero-order valence-electron chi connectivity index (χ0n) is 16.3. The summed E-state index contributed by atoms with van der Waals surface area (Å²) in [6.07, 6.45) is 4.07. The lowest BCUT2D eigenvalue weighted by atomic mass is 9.72. The van der Waals surface area contributed by atoms with Crippen LogP contribution in [0.1, 0.15) is 51.5 Å². The molecule has 0 unspecified atom stereocenters. The smallest absolute Gasteiger partial charge is 0.372 e.